The maximum Gasteiger partial charge on any atom is 0.261 e. The molecule has 0 aliphatic carbocycles. The molecule has 0 fully saturated rings. The number of carbonyl (C=O) groups is 2. The lowest BCUT2D eigenvalue weighted by molar-refractivity contribution is -0.142. The number of rotatable bonds is 10. The van der Waals surface area contributed by atoms with Gasteiger partial charge in [0, 0.05) is 17.1 Å². The first-order chi connectivity index (χ1) is 14.7. The number of nitrogens with zero attached hydrogens (tertiary/aromatic N) is 1. The summed E-state index contributed by atoms with van der Waals surface area (Å²) in [5.41, 5.74) is 2.15. The molecule has 6 heteroatoms. The van der Waals surface area contributed by atoms with Gasteiger partial charge in [-0.1, -0.05) is 61.0 Å². The maximum absolute atomic E-state index is 13.1. The van der Waals surface area contributed by atoms with E-state index in [4.69, 9.17) is 4.74 Å². The standard InChI is InChI=1S/C25H33BrN2O3/c1-6-18(4)27-25(30)19(5)28(15-20-8-7-9-22(26)14-20)24(29)16-31-23-12-10-21(11-13-23)17(2)3/h7-14,17-19H,6,15-16H2,1-5H3,(H,27,30)/t18-,19-/m0/s1. The molecule has 31 heavy (non-hydrogen) atoms. The van der Waals surface area contributed by atoms with E-state index in [-0.39, 0.29) is 24.5 Å². The van der Waals surface area contributed by atoms with Crippen LogP contribution in [-0.2, 0) is 16.1 Å². The third kappa shape index (κ3) is 7.69. The molecule has 2 rings (SSSR count). The van der Waals surface area contributed by atoms with Crippen molar-refractivity contribution in [2.24, 2.45) is 0 Å². The van der Waals surface area contributed by atoms with Crippen molar-refractivity contribution in [3.05, 3.63) is 64.1 Å². The lowest BCUT2D eigenvalue weighted by atomic mass is 10.0. The van der Waals surface area contributed by atoms with Crippen LogP contribution in [0.5, 0.6) is 5.75 Å². The van der Waals surface area contributed by atoms with Gasteiger partial charge in [0.15, 0.2) is 6.61 Å². The average Bonchev–Trinajstić information content (AvgIpc) is 2.75. The first-order valence-corrected chi connectivity index (χ1v) is 11.6. The van der Waals surface area contributed by atoms with Crippen LogP contribution in [0.3, 0.4) is 0 Å². The zero-order chi connectivity index (χ0) is 23.0. The topological polar surface area (TPSA) is 58.6 Å². The Balaban J connectivity index is 2.13. The van der Waals surface area contributed by atoms with Gasteiger partial charge >= 0.3 is 0 Å². The van der Waals surface area contributed by atoms with E-state index in [1.165, 1.54) is 5.56 Å². The van der Waals surface area contributed by atoms with E-state index in [2.05, 4.69) is 35.1 Å². The Morgan fingerprint density at radius 2 is 1.74 bits per heavy atom. The van der Waals surface area contributed by atoms with Gasteiger partial charge in [0.1, 0.15) is 11.8 Å². The van der Waals surface area contributed by atoms with E-state index < -0.39 is 6.04 Å². The normalized spacial score (nSPS) is 12.9. The number of nitrogens with one attached hydrogen (secondary N) is 1. The fourth-order valence-corrected chi connectivity index (χ4v) is 3.50. The molecule has 1 N–H and O–H groups in total. The minimum Gasteiger partial charge on any atom is -0.484 e. The summed E-state index contributed by atoms with van der Waals surface area (Å²) in [6.07, 6.45) is 0.827. The van der Waals surface area contributed by atoms with Gasteiger partial charge < -0.3 is 15.0 Å². The molecular weight excluding hydrogens is 456 g/mol. The van der Waals surface area contributed by atoms with E-state index in [1.807, 2.05) is 62.4 Å². The summed E-state index contributed by atoms with van der Waals surface area (Å²) < 4.78 is 6.67. The van der Waals surface area contributed by atoms with Crippen molar-refractivity contribution < 1.29 is 14.3 Å². The van der Waals surface area contributed by atoms with Gasteiger partial charge in [0.05, 0.1) is 0 Å². The Kier molecular flexibility index (Phi) is 9.56. The summed E-state index contributed by atoms with van der Waals surface area (Å²) in [5, 5.41) is 2.97. The molecule has 0 saturated carbocycles. The zero-order valence-electron chi connectivity index (χ0n) is 19.0. The minimum absolute atomic E-state index is 0.0495. The number of amides is 2. The molecule has 0 unspecified atom stereocenters. The van der Waals surface area contributed by atoms with Crippen molar-refractivity contribution in [2.75, 3.05) is 6.61 Å². The Labute approximate surface area is 194 Å². The van der Waals surface area contributed by atoms with E-state index in [1.54, 1.807) is 11.8 Å². The highest BCUT2D eigenvalue weighted by atomic mass is 79.9. The number of ether oxygens (including phenoxy) is 1. The predicted molar refractivity (Wildman–Crippen MR) is 128 cm³/mol. The fourth-order valence-electron chi connectivity index (χ4n) is 3.06. The molecule has 2 amide bonds. The number of hydrogen-bond acceptors (Lipinski definition) is 3. The van der Waals surface area contributed by atoms with Crippen LogP contribution < -0.4 is 10.1 Å². The third-order valence-electron chi connectivity index (χ3n) is 5.32. The second-order valence-electron chi connectivity index (χ2n) is 8.16. The van der Waals surface area contributed by atoms with Crippen LogP contribution in [0.15, 0.2) is 53.0 Å². The molecule has 2 aromatic carbocycles. The Morgan fingerprint density at radius 3 is 2.32 bits per heavy atom. The van der Waals surface area contributed by atoms with Gasteiger partial charge in [-0.05, 0) is 61.6 Å². The van der Waals surface area contributed by atoms with Gasteiger partial charge in [-0.25, -0.2) is 0 Å². The molecule has 5 nitrogen and oxygen atoms in total. The summed E-state index contributed by atoms with van der Waals surface area (Å²) in [5.74, 6) is 0.664. The largest absolute Gasteiger partial charge is 0.484 e. The van der Waals surface area contributed by atoms with Crippen molar-refractivity contribution >= 4 is 27.7 Å². The molecule has 0 heterocycles. The van der Waals surface area contributed by atoms with Crippen LogP contribution in [0.4, 0.5) is 0 Å². The molecule has 168 valence electrons. The molecule has 2 aromatic rings. The van der Waals surface area contributed by atoms with Crippen molar-refractivity contribution in [1.82, 2.24) is 10.2 Å². The molecule has 0 bridgehead atoms. The van der Waals surface area contributed by atoms with Gasteiger partial charge in [0.25, 0.3) is 5.91 Å². The fraction of sp³-hybridized carbons (Fsp3) is 0.440. The molecular formula is C25H33BrN2O3. The Bertz CT molecular complexity index is 867. The first kappa shape index (κ1) is 24.9. The summed E-state index contributed by atoms with van der Waals surface area (Å²) in [7, 11) is 0. The lowest BCUT2D eigenvalue weighted by Gasteiger charge is -2.29. The van der Waals surface area contributed by atoms with Crippen molar-refractivity contribution in [2.45, 2.75) is 65.6 Å². The second-order valence-corrected chi connectivity index (χ2v) is 9.07. The molecule has 2 atom stereocenters. The molecule has 0 aromatic heterocycles. The molecule has 0 radical (unpaired) electrons. The van der Waals surface area contributed by atoms with Crippen LogP contribution >= 0.6 is 15.9 Å². The average molecular weight is 489 g/mol. The third-order valence-corrected chi connectivity index (χ3v) is 5.81. The smallest absolute Gasteiger partial charge is 0.261 e. The highest BCUT2D eigenvalue weighted by Crippen LogP contribution is 2.19. The van der Waals surface area contributed by atoms with Crippen LogP contribution in [-0.4, -0.2) is 35.4 Å². The predicted octanol–water partition coefficient (Wildman–Crippen LogP) is 5.28. The highest BCUT2D eigenvalue weighted by Gasteiger charge is 2.27. The number of benzene rings is 2. The molecule has 0 aliphatic heterocycles. The number of hydrogen-bond donors (Lipinski definition) is 1. The van der Waals surface area contributed by atoms with Gasteiger partial charge in [0.2, 0.25) is 5.91 Å². The summed E-state index contributed by atoms with van der Waals surface area (Å²) in [6.45, 7) is 10.2. The summed E-state index contributed by atoms with van der Waals surface area (Å²) >= 11 is 3.47. The van der Waals surface area contributed by atoms with Gasteiger partial charge in [-0.2, -0.15) is 0 Å². The van der Waals surface area contributed by atoms with E-state index in [9.17, 15) is 9.59 Å². The van der Waals surface area contributed by atoms with Crippen LogP contribution in [0.1, 0.15) is 58.1 Å². The number of halogens is 1. The number of carbonyl (C=O) groups excluding carboxylic acids is 2. The van der Waals surface area contributed by atoms with E-state index >= 15 is 0 Å². The van der Waals surface area contributed by atoms with Crippen molar-refractivity contribution in [1.29, 1.82) is 0 Å². The zero-order valence-corrected chi connectivity index (χ0v) is 20.6. The second kappa shape index (κ2) is 11.9. The lowest BCUT2D eigenvalue weighted by Crippen LogP contribution is -2.50. The monoisotopic (exact) mass is 488 g/mol. The van der Waals surface area contributed by atoms with Crippen molar-refractivity contribution in [3.8, 4) is 5.75 Å². The van der Waals surface area contributed by atoms with Gasteiger partial charge in [-0.3, -0.25) is 9.59 Å². The molecule has 0 saturated heterocycles. The van der Waals surface area contributed by atoms with E-state index in [0.29, 0.717) is 18.2 Å². The first-order valence-electron chi connectivity index (χ1n) is 10.8. The highest BCUT2D eigenvalue weighted by molar-refractivity contribution is 9.10. The molecule has 0 aliphatic rings. The van der Waals surface area contributed by atoms with Gasteiger partial charge in [-0.15, -0.1) is 0 Å². The quantitative estimate of drug-likeness (QED) is 0.494. The van der Waals surface area contributed by atoms with E-state index in [0.717, 1.165) is 16.5 Å². The maximum atomic E-state index is 13.1. The van der Waals surface area contributed by atoms with Crippen molar-refractivity contribution in [3.63, 3.8) is 0 Å². The van der Waals surface area contributed by atoms with Crippen LogP contribution in [0.25, 0.3) is 0 Å². The molecule has 0 spiro atoms. The van der Waals surface area contributed by atoms with Crippen LogP contribution in [0, 0.1) is 0 Å². The summed E-state index contributed by atoms with van der Waals surface area (Å²) in [4.78, 5) is 27.4. The minimum atomic E-state index is -0.618. The Morgan fingerprint density at radius 1 is 1.06 bits per heavy atom. The summed E-state index contributed by atoms with van der Waals surface area (Å²) in [6, 6.07) is 14.9. The Hall–Kier alpha value is -2.34. The van der Waals surface area contributed by atoms with Crippen LogP contribution in [0.2, 0.25) is 0 Å². The SMILES string of the molecule is CC[C@H](C)NC(=O)[C@H](C)N(Cc1cccc(Br)c1)C(=O)COc1ccc(C(C)C)cc1.